The van der Waals surface area contributed by atoms with Crippen LogP contribution in [0.3, 0.4) is 0 Å². The number of halogens is 2. The highest BCUT2D eigenvalue weighted by Gasteiger charge is 2.31. The lowest BCUT2D eigenvalue weighted by atomic mass is 10.1. The van der Waals surface area contributed by atoms with E-state index in [1.54, 1.807) is 19.2 Å². The van der Waals surface area contributed by atoms with Gasteiger partial charge in [-0.1, -0.05) is 24.3 Å². The maximum Gasteiger partial charge on any atom is 0.387 e. The van der Waals surface area contributed by atoms with Crippen LogP contribution in [0.5, 0.6) is 17.2 Å². The van der Waals surface area contributed by atoms with E-state index in [9.17, 15) is 13.6 Å². The van der Waals surface area contributed by atoms with Crippen molar-refractivity contribution in [2.75, 3.05) is 20.8 Å². The number of hydrogen-bond donors (Lipinski definition) is 1. The average molecular weight is 434 g/mol. The van der Waals surface area contributed by atoms with Gasteiger partial charge in [0, 0.05) is 18.2 Å². The fourth-order valence-corrected chi connectivity index (χ4v) is 3.57. The fraction of sp³-hybridized carbons (Fsp3) is 0.435. The van der Waals surface area contributed by atoms with Gasteiger partial charge in [-0.05, 0) is 43.5 Å². The van der Waals surface area contributed by atoms with Crippen LogP contribution < -0.4 is 19.5 Å². The van der Waals surface area contributed by atoms with Crippen LogP contribution in [-0.4, -0.2) is 44.2 Å². The van der Waals surface area contributed by atoms with Gasteiger partial charge in [0.2, 0.25) is 5.91 Å². The van der Waals surface area contributed by atoms with Gasteiger partial charge >= 0.3 is 6.61 Å². The standard InChI is InChI=1S/C23H28F2N2O4/c1-15(18-6-4-5-7-19(18)29-2)26-22(28)14-27(17-9-10-17)13-16-8-11-20(31-23(24)25)21(12-16)30-3/h4-8,11-12,15,17,23H,9-10,13-14H2,1-3H3,(H,26,28)/t15-/m1/s1. The first-order valence-electron chi connectivity index (χ1n) is 10.2. The van der Waals surface area contributed by atoms with E-state index < -0.39 is 6.61 Å². The number of ether oxygens (including phenoxy) is 3. The first-order chi connectivity index (χ1) is 14.9. The number of hydrogen-bond acceptors (Lipinski definition) is 5. The second kappa shape index (κ2) is 10.4. The summed E-state index contributed by atoms with van der Waals surface area (Å²) in [6.07, 6.45) is 2.05. The molecule has 0 bridgehead atoms. The number of para-hydroxylation sites is 1. The molecule has 31 heavy (non-hydrogen) atoms. The molecule has 2 aromatic carbocycles. The lowest BCUT2D eigenvalue weighted by molar-refractivity contribution is -0.123. The molecule has 1 aliphatic carbocycles. The zero-order chi connectivity index (χ0) is 22.4. The van der Waals surface area contributed by atoms with Crippen LogP contribution in [0.4, 0.5) is 8.78 Å². The molecule has 1 saturated carbocycles. The summed E-state index contributed by atoms with van der Waals surface area (Å²) in [4.78, 5) is 14.8. The maximum atomic E-state index is 12.7. The zero-order valence-electron chi connectivity index (χ0n) is 17.9. The number of carbonyl (C=O) groups excluding carboxylic acids is 1. The predicted octanol–water partition coefficient (Wildman–Crippen LogP) is 4.15. The summed E-state index contributed by atoms with van der Waals surface area (Å²) in [6, 6.07) is 12.6. The van der Waals surface area contributed by atoms with Gasteiger partial charge in [0.15, 0.2) is 11.5 Å². The van der Waals surface area contributed by atoms with Crippen LogP contribution in [0, 0.1) is 0 Å². The Morgan fingerprint density at radius 2 is 1.81 bits per heavy atom. The smallest absolute Gasteiger partial charge is 0.387 e. The highest BCUT2D eigenvalue weighted by Crippen LogP contribution is 2.32. The molecule has 0 aromatic heterocycles. The summed E-state index contributed by atoms with van der Waals surface area (Å²) in [5.74, 6) is 0.868. The summed E-state index contributed by atoms with van der Waals surface area (Å²) >= 11 is 0. The molecule has 1 fully saturated rings. The molecule has 168 valence electrons. The monoisotopic (exact) mass is 434 g/mol. The molecule has 0 aliphatic heterocycles. The Hall–Kier alpha value is -2.87. The first-order valence-corrected chi connectivity index (χ1v) is 10.2. The van der Waals surface area contributed by atoms with E-state index in [4.69, 9.17) is 9.47 Å². The van der Waals surface area contributed by atoms with Crippen molar-refractivity contribution in [1.82, 2.24) is 10.2 Å². The molecule has 1 aliphatic rings. The Balaban J connectivity index is 1.64. The van der Waals surface area contributed by atoms with Gasteiger partial charge in [0.25, 0.3) is 0 Å². The second-order valence-electron chi connectivity index (χ2n) is 7.53. The van der Waals surface area contributed by atoms with E-state index in [2.05, 4.69) is 15.0 Å². The minimum absolute atomic E-state index is 0.0115. The SMILES string of the molecule is COc1cc(CN(CC(=O)N[C@H](C)c2ccccc2OC)C2CC2)ccc1OC(F)F. The molecule has 1 atom stereocenters. The Morgan fingerprint density at radius 3 is 2.45 bits per heavy atom. The number of nitrogens with one attached hydrogen (secondary N) is 1. The van der Waals surface area contributed by atoms with Crippen LogP contribution >= 0.6 is 0 Å². The van der Waals surface area contributed by atoms with Gasteiger partial charge in [-0.2, -0.15) is 8.78 Å². The second-order valence-corrected chi connectivity index (χ2v) is 7.53. The number of alkyl halides is 2. The molecule has 8 heteroatoms. The van der Waals surface area contributed by atoms with Crippen molar-refractivity contribution in [3.63, 3.8) is 0 Å². The van der Waals surface area contributed by atoms with Crippen LogP contribution in [-0.2, 0) is 11.3 Å². The average Bonchev–Trinajstić information content (AvgIpc) is 3.59. The summed E-state index contributed by atoms with van der Waals surface area (Å²) in [6.45, 7) is -0.255. The third-order valence-corrected chi connectivity index (χ3v) is 5.22. The van der Waals surface area contributed by atoms with Gasteiger partial charge in [0.05, 0.1) is 26.8 Å². The van der Waals surface area contributed by atoms with Crippen molar-refractivity contribution < 1.29 is 27.8 Å². The maximum absolute atomic E-state index is 12.7. The van der Waals surface area contributed by atoms with Crippen molar-refractivity contribution in [2.24, 2.45) is 0 Å². The third kappa shape index (κ3) is 6.30. The molecule has 0 saturated heterocycles. The minimum atomic E-state index is -2.92. The van der Waals surface area contributed by atoms with E-state index in [1.807, 2.05) is 31.2 Å². The zero-order valence-corrected chi connectivity index (χ0v) is 17.9. The molecule has 1 amide bonds. The van der Waals surface area contributed by atoms with Gasteiger partial charge in [0.1, 0.15) is 5.75 Å². The van der Waals surface area contributed by atoms with Crippen LogP contribution in [0.1, 0.15) is 36.9 Å². The molecule has 0 radical (unpaired) electrons. The number of methoxy groups -OCH3 is 2. The van der Waals surface area contributed by atoms with Crippen molar-refractivity contribution >= 4 is 5.91 Å². The summed E-state index contributed by atoms with van der Waals surface area (Å²) < 4.78 is 40.1. The first kappa shape index (κ1) is 22.8. The van der Waals surface area contributed by atoms with E-state index in [0.29, 0.717) is 12.6 Å². The number of rotatable bonds is 11. The van der Waals surface area contributed by atoms with Crippen LogP contribution in [0.25, 0.3) is 0 Å². The molecule has 6 nitrogen and oxygen atoms in total. The largest absolute Gasteiger partial charge is 0.496 e. The number of nitrogens with zero attached hydrogens (tertiary/aromatic N) is 1. The summed E-state index contributed by atoms with van der Waals surface area (Å²) in [7, 11) is 3.01. The Bertz CT molecular complexity index is 890. The van der Waals surface area contributed by atoms with Crippen molar-refractivity contribution in [3.05, 3.63) is 53.6 Å². The molecule has 3 rings (SSSR count). The number of benzene rings is 2. The highest BCUT2D eigenvalue weighted by molar-refractivity contribution is 5.78. The minimum Gasteiger partial charge on any atom is -0.496 e. The topological polar surface area (TPSA) is 60.0 Å². The Morgan fingerprint density at radius 1 is 1.10 bits per heavy atom. The van der Waals surface area contributed by atoms with Gasteiger partial charge in [-0.3, -0.25) is 9.69 Å². The van der Waals surface area contributed by atoms with Gasteiger partial charge < -0.3 is 19.5 Å². The van der Waals surface area contributed by atoms with Gasteiger partial charge in [-0.25, -0.2) is 0 Å². The molecular weight excluding hydrogens is 406 g/mol. The van der Waals surface area contributed by atoms with Crippen LogP contribution in [0.15, 0.2) is 42.5 Å². The van der Waals surface area contributed by atoms with Gasteiger partial charge in [-0.15, -0.1) is 0 Å². The molecule has 2 aromatic rings. The lowest BCUT2D eigenvalue weighted by Gasteiger charge is -2.24. The third-order valence-electron chi connectivity index (χ3n) is 5.22. The summed E-state index contributed by atoms with van der Waals surface area (Å²) in [5.41, 5.74) is 1.77. The van der Waals surface area contributed by atoms with Crippen LogP contribution in [0.2, 0.25) is 0 Å². The number of carbonyl (C=O) groups is 1. The highest BCUT2D eigenvalue weighted by atomic mass is 19.3. The van der Waals surface area contributed by atoms with E-state index >= 15 is 0 Å². The molecule has 1 N–H and O–H groups in total. The molecule has 0 spiro atoms. The fourth-order valence-electron chi connectivity index (χ4n) is 3.57. The quantitative estimate of drug-likeness (QED) is 0.576. The number of amides is 1. The lowest BCUT2D eigenvalue weighted by Crippen LogP contribution is -2.39. The summed E-state index contributed by atoms with van der Waals surface area (Å²) in [5, 5.41) is 3.03. The van der Waals surface area contributed by atoms with Crippen molar-refractivity contribution in [3.8, 4) is 17.2 Å². The molecule has 0 heterocycles. The van der Waals surface area contributed by atoms with E-state index in [1.165, 1.54) is 13.2 Å². The van der Waals surface area contributed by atoms with Crippen molar-refractivity contribution in [2.45, 2.75) is 45.0 Å². The Labute approximate surface area is 181 Å². The predicted molar refractivity (Wildman–Crippen MR) is 113 cm³/mol. The van der Waals surface area contributed by atoms with E-state index in [-0.39, 0.29) is 30.0 Å². The van der Waals surface area contributed by atoms with Crippen molar-refractivity contribution in [1.29, 1.82) is 0 Å². The Kier molecular flexibility index (Phi) is 7.68. The van der Waals surface area contributed by atoms with E-state index in [0.717, 1.165) is 29.7 Å². The normalized spacial score (nSPS) is 14.4. The molecule has 0 unspecified atom stereocenters. The molecular formula is C23H28F2N2O4.